The molecule has 0 fully saturated rings. The van der Waals surface area contributed by atoms with Gasteiger partial charge in [0.05, 0.1) is 6.42 Å². The van der Waals surface area contributed by atoms with Crippen molar-refractivity contribution in [3.63, 3.8) is 0 Å². The van der Waals surface area contributed by atoms with E-state index in [9.17, 15) is 19.5 Å². The molecule has 0 spiro atoms. The van der Waals surface area contributed by atoms with Gasteiger partial charge in [0.15, 0.2) is 0 Å². The third-order valence-corrected chi connectivity index (χ3v) is 5.90. The lowest BCUT2D eigenvalue weighted by Crippen LogP contribution is -2.50. The Balaban J connectivity index is 1.62. The predicted octanol–water partition coefficient (Wildman–Crippen LogP) is 4.31. The van der Waals surface area contributed by atoms with Crippen molar-refractivity contribution in [1.82, 2.24) is 10.6 Å². The maximum atomic E-state index is 12.6. The Morgan fingerprint density at radius 2 is 1.48 bits per heavy atom. The summed E-state index contributed by atoms with van der Waals surface area (Å²) >= 11 is 0. The van der Waals surface area contributed by atoms with Crippen LogP contribution in [0.1, 0.15) is 57.1 Å². The average Bonchev–Trinajstić information content (AvgIpc) is 3.09. The molecule has 2 amide bonds. The number of hydrogen-bond acceptors (Lipinski definition) is 4. The second-order valence-corrected chi connectivity index (χ2v) is 9.00. The summed E-state index contributed by atoms with van der Waals surface area (Å²) < 4.78 is 5.46. The van der Waals surface area contributed by atoms with Crippen molar-refractivity contribution >= 4 is 18.0 Å². The van der Waals surface area contributed by atoms with E-state index in [1.54, 1.807) is 0 Å². The van der Waals surface area contributed by atoms with Gasteiger partial charge in [0.25, 0.3) is 0 Å². The highest BCUT2D eigenvalue weighted by atomic mass is 16.5. The Morgan fingerprint density at radius 3 is 2.03 bits per heavy atom. The van der Waals surface area contributed by atoms with E-state index in [1.165, 1.54) is 0 Å². The van der Waals surface area contributed by atoms with Gasteiger partial charge in [-0.2, -0.15) is 0 Å². The van der Waals surface area contributed by atoms with Gasteiger partial charge in [-0.25, -0.2) is 4.79 Å². The molecule has 0 heterocycles. The largest absolute Gasteiger partial charge is 0.481 e. The van der Waals surface area contributed by atoms with Gasteiger partial charge in [-0.1, -0.05) is 62.4 Å². The Morgan fingerprint density at radius 1 is 0.909 bits per heavy atom. The zero-order chi connectivity index (χ0) is 24.0. The number of carboxylic acid groups (broad SMARTS) is 1. The van der Waals surface area contributed by atoms with Crippen molar-refractivity contribution in [2.24, 2.45) is 5.92 Å². The highest BCUT2D eigenvalue weighted by Gasteiger charge is 2.30. The molecule has 7 nitrogen and oxygen atoms in total. The Hall–Kier alpha value is -3.35. The van der Waals surface area contributed by atoms with Crippen LogP contribution in [0.4, 0.5) is 4.79 Å². The minimum Gasteiger partial charge on any atom is -0.481 e. The molecule has 2 atom stereocenters. The van der Waals surface area contributed by atoms with Gasteiger partial charge < -0.3 is 20.5 Å². The summed E-state index contributed by atoms with van der Waals surface area (Å²) in [4.78, 5) is 36.4. The summed E-state index contributed by atoms with van der Waals surface area (Å²) in [6, 6.07) is 14.6. The molecule has 0 aromatic heterocycles. The van der Waals surface area contributed by atoms with E-state index in [4.69, 9.17) is 4.74 Å². The summed E-state index contributed by atoms with van der Waals surface area (Å²) in [5.74, 6) is -1.32. The van der Waals surface area contributed by atoms with Crippen LogP contribution in [0.3, 0.4) is 0 Å². The van der Waals surface area contributed by atoms with Gasteiger partial charge in [-0.15, -0.1) is 0 Å². The molecule has 7 heteroatoms. The van der Waals surface area contributed by atoms with Crippen LogP contribution in [0.15, 0.2) is 48.5 Å². The summed E-state index contributed by atoms with van der Waals surface area (Å²) in [6.07, 6.45) is 0.374. The average molecular weight is 453 g/mol. The minimum absolute atomic E-state index is 0.0893. The first-order chi connectivity index (χ1) is 15.8. The van der Waals surface area contributed by atoms with Crippen LogP contribution in [0.25, 0.3) is 11.1 Å². The molecule has 33 heavy (non-hydrogen) atoms. The van der Waals surface area contributed by atoms with Crippen LogP contribution in [0, 0.1) is 5.92 Å². The number of benzene rings is 2. The van der Waals surface area contributed by atoms with Gasteiger partial charge >= 0.3 is 12.1 Å². The Bertz CT molecular complexity index is 958. The van der Waals surface area contributed by atoms with E-state index < -0.39 is 30.4 Å². The van der Waals surface area contributed by atoms with Crippen molar-refractivity contribution in [3.05, 3.63) is 59.7 Å². The van der Waals surface area contributed by atoms with Gasteiger partial charge in [0.2, 0.25) is 5.91 Å². The first kappa shape index (κ1) is 24.3. The van der Waals surface area contributed by atoms with Crippen molar-refractivity contribution in [1.29, 1.82) is 0 Å². The number of aliphatic carboxylic acids is 1. The SMILES string of the molecule is CC(C)CCC(C)NC(=O)C(CC(=O)O)NC(=O)OCC1c2ccccc2-c2ccccc21. The third kappa shape index (κ3) is 6.34. The molecule has 0 saturated heterocycles. The molecular weight excluding hydrogens is 420 g/mol. The number of nitrogens with one attached hydrogen (secondary N) is 2. The summed E-state index contributed by atoms with van der Waals surface area (Å²) in [6.45, 7) is 6.15. The second kappa shape index (κ2) is 11.0. The first-order valence-electron chi connectivity index (χ1n) is 11.4. The summed E-state index contributed by atoms with van der Waals surface area (Å²) in [5.41, 5.74) is 4.37. The first-order valence-corrected chi connectivity index (χ1v) is 11.4. The molecule has 1 aliphatic carbocycles. The van der Waals surface area contributed by atoms with Crippen LogP contribution < -0.4 is 10.6 Å². The molecule has 0 bridgehead atoms. The van der Waals surface area contributed by atoms with E-state index >= 15 is 0 Å². The van der Waals surface area contributed by atoms with Crippen LogP contribution >= 0.6 is 0 Å². The number of fused-ring (bicyclic) bond motifs is 3. The van der Waals surface area contributed by atoms with Crippen LogP contribution in [0.5, 0.6) is 0 Å². The van der Waals surface area contributed by atoms with Crippen molar-refractivity contribution in [2.45, 2.75) is 58.0 Å². The fourth-order valence-electron chi connectivity index (χ4n) is 4.17. The zero-order valence-corrected chi connectivity index (χ0v) is 19.3. The van der Waals surface area contributed by atoms with Crippen LogP contribution in [0.2, 0.25) is 0 Å². The fourth-order valence-corrected chi connectivity index (χ4v) is 4.17. The molecule has 0 aliphatic heterocycles. The van der Waals surface area contributed by atoms with Crippen molar-refractivity contribution < 1.29 is 24.2 Å². The van der Waals surface area contributed by atoms with Gasteiger partial charge in [0, 0.05) is 12.0 Å². The zero-order valence-electron chi connectivity index (χ0n) is 19.3. The van der Waals surface area contributed by atoms with Gasteiger partial charge in [0.1, 0.15) is 12.6 Å². The normalized spacial score (nSPS) is 14.2. The minimum atomic E-state index is -1.21. The Kier molecular flexibility index (Phi) is 8.09. The van der Waals surface area contributed by atoms with Crippen molar-refractivity contribution in [3.8, 4) is 11.1 Å². The monoisotopic (exact) mass is 452 g/mol. The third-order valence-electron chi connectivity index (χ3n) is 5.90. The lowest BCUT2D eigenvalue weighted by molar-refractivity contribution is -0.140. The van der Waals surface area contributed by atoms with E-state index in [-0.39, 0.29) is 18.6 Å². The van der Waals surface area contributed by atoms with E-state index in [0.29, 0.717) is 5.92 Å². The quantitative estimate of drug-likeness (QED) is 0.498. The lowest BCUT2D eigenvalue weighted by atomic mass is 9.98. The molecule has 3 N–H and O–H groups in total. The van der Waals surface area contributed by atoms with Crippen LogP contribution in [-0.2, 0) is 14.3 Å². The van der Waals surface area contributed by atoms with Gasteiger partial charge in [-0.3, -0.25) is 9.59 Å². The molecule has 2 aromatic carbocycles. The number of carbonyl (C=O) groups excluding carboxylic acids is 2. The second-order valence-electron chi connectivity index (χ2n) is 9.00. The summed E-state index contributed by atoms with van der Waals surface area (Å²) in [5, 5.41) is 14.4. The lowest BCUT2D eigenvalue weighted by Gasteiger charge is -2.21. The number of rotatable bonds is 10. The Labute approximate surface area is 194 Å². The van der Waals surface area contributed by atoms with Crippen molar-refractivity contribution in [2.75, 3.05) is 6.61 Å². The van der Waals surface area contributed by atoms with E-state index in [0.717, 1.165) is 35.1 Å². The maximum absolute atomic E-state index is 12.6. The molecule has 176 valence electrons. The molecule has 2 aromatic rings. The number of carboxylic acids is 1. The van der Waals surface area contributed by atoms with Gasteiger partial charge in [-0.05, 0) is 47.9 Å². The molecule has 0 saturated carbocycles. The maximum Gasteiger partial charge on any atom is 0.407 e. The van der Waals surface area contributed by atoms with Crippen LogP contribution in [-0.4, -0.2) is 41.8 Å². The number of amides is 2. The predicted molar refractivity (Wildman–Crippen MR) is 126 cm³/mol. The fraction of sp³-hybridized carbons (Fsp3) is 0.423. The van der Waals surface area contributed by atoms with E-state index in [2.05, 4.69) is 24.5 Å². The summed E-state index contributed by atoms with van der Waals surface area (Å²) in [7, 11) is 0. The smallest absolute Gasteiger partial charge is 0.407 e. The molecule has 2 unspecified atom stereocenters. The number of hydrogen-bond donors (Lipinski definition) is 3. The number of ether oxygens (including phenoxy) is 1. The van der Waals surface area contributed by atoms with E-state index in [1.807, 2.05) is 55.5 Å². The molecule has 1 aliphatic rings. The number of carbonyl (C=O) groups is 3. The highest BCUT2D eigenvalue weighted by molar-refractivity contribution is 5.89. The topological polar surface area (TPSA) is 105 Å². The number of alkyl carbamates (subject to hydrolysis) is 1. The molecular formula is C26H32N2O5. The highest BCUT2D eigenvalue weighted by Crippen LogP contribution is 2.44. The molecule has 3 rings (SSSR count). The standard InChI is InChI=1S/C26H32N2O5/c1-16(2)12-13-17(3)27-25(31)23(14-24(29)30)28-26(32)33-15-22-20-10-6-4-8-18(20)19-9-5-7-11-21(19)22/h4-11,16-17,22-23H,12-15H2,1-3H3,(H,27,31)(H,28,32)(H,29,30). The molecule has 0 radical (unpaired) electrons.